The van der Waals surface area contributed by atoms with E-state index in [1.165, 1.54) is 13.1 Å². The lowest BCUT2D eigenvalue weighted by Crippen LogP contribution is -2.39. The van der Waals surface area contributed by atoms with Gasteiger partial charge in [0, 0.05) is 12.1 Å². The first-order valence-corrected chi connectivity index (χ1v) is 7.17. The van der Waals surface area contributed by atoms with Crippen molar-refractivity contribution in [3.8, 4) is 0 Å². The molecule has 0 aromatic carbocycles. The fraction of sp³-hybridized carbons (Fsp3) is 0.636. The average Bonchev–Trinajstić information content (AvgIpc) is 2.76. The number of hydrogen-bond acceptors (Lipinski definition) is 5. The van der Waals surface area contributed by atoms with E-state index >= 15 is 0 Å². The zero-order valence-electron chi connectivity index (χ0n) is 10.9. The Morgan fingerprint density at radius 3 is 2.61 bits per heavy atom. The van der Waals surface area contributed by atoms with Crippen molar-refractivity contribution in [1.82, 2.24) is 10.0 Å². The molecule has 0 amide bonds. The third-order valence-corrected chi connectivity index (χ3v) is 3.94. The van der Waals surface area contributed by atoms with Gasteiger partial charge in [-0.3, -0.25) is 0 Å². The van der Waals surface area contributed by atoms with Crippen molar-refractivity contribution in [2.24, 2.45) is 0 Å². The lowest BCUT2D eigenvalue weighted by atomic mass is 10.0. The number of aliphatic hydroxyl groups is 1. The normalized spacial score (nSPS) is 12.9. The van der Waals surface area contributed by atoms with Gasteiger partial charge < -0.3 is 14.8 Å². The van der Waals surface area contributed by atoms with Gasteiger partial charge in [0.2, 0.25) is 5.09 Å². The number of nitrogens with one attached hydrogen (secondary N) is 2. The van der Waals surface area contributed by atoms with Crippen LogP contribution in [0, 0.1) is 0 Å². The smallest absolute Gasteiger partial charge is 0.273 e. The standard InChI is InChI=1S/C11H20N2O4S/c1-11(2,6-7-14)13-8-9-4-5-10(17-9)18(15,16)12-3/h4-5,12-14H,6-8H2,1-3H3. The Bertz CT molecular complexity index is 479. The van der Waals surface area contributed by atoms with Gasteiger partial charge in [0.05, 0.1) is 6.54 Å². The second kappa shape index (κ2) is 5.83. The number of aliphatic hydroxyl groups excluding tert-OH is 1. The highest BCUT2D eigenvalue weighted by Gasteiger charge is 2.19. The molecule has 0 aliphatic heterocycles. The predicted molar refractivity (Wildman–Crippen MR) is 67.6 cm³/mol. The Morgan fingerprint density at radius 1 is 1.39 bits per heavy atom. The summed E-state index contributed by atoms with van der Waals surface area (Å²) in [5, 5.41) is 12.0. The maximum Gasteiger partial charge on any atom is 0.273 e. The molecule has 0 spiro atoms. The highest BCUT2D eigenvalue weighted by atomic mass is 32.2. The van der Waals surface area contributed by atoms with Crippen LogP contribution < -0.4 is 10.0 Å². The summed E-state index contributed by atoms with van der Waals surface area (Å²) in [6.45, 7) is 4.42. The van der Waals surface area contributed by atoms with Crippen molar-refractivity contribution in [2.75, 3.05) is 13.7 Å². The van der Waals surface area contributed by atoms with E-state index in [0.717, 1.165) is 0 Å². The number of furan rings is 1. The summed E-state index contributed by atoms with van der Waals surface area (Å²) in [6.07, 6.45) is 0.607. The molecule has 18 heavy (non-hydrogen) atoms. The van der Waals surface area contributed by atoms with Crippen LogP contribution in [0.3, 0.4) is 0 Å². The van der Waals surface area contributed by atoms with Gasteiger partial charge in [0.25, 0.3) is 10.0 Å². The fourth-order valence-corrected chi connectivity index (χ4v) is 2.06. The van der Waals surface area contributed by atoms with Crippen LogP contribution in [-0.2, 0) is 16.6 Å². The van der Waals surface area contributed by atoms with Gasteiger partial charge in [-0.15, -0.1) is 0 Å². The first kappa shape index (κ1) is 15.2. The number of hydrogen-bond donors (Lipinski definition) is 3. The van der Waals surface area contributed by atoms with Gasteiger partial charge in [-0.05, 0) is 39.4 Å². The SMILES string of the molecule is CNS(=O)(=O)c1ccc(CNC(C)(C)CCO)o1. The van der Waals surface area contributed by atoms with E-state index in [9.17, 15) is 8.42 Å². The van der Waals surface area contributed by atoms with Gasteiger partial charge >= 0.3 is 0 Å². The molecular weight excluding hydrogens is 256 g/mol. The molecule has 1 rings (SSSR count). The maximum absolute atomic E-state index is 11.5. The second-order valence-corrected chi connectivity index (χ2v) is 6.46. The third-order valence-electron chi connectivity index (χ3n) is 2.65. The molecule has 0 unspecified atom stereocenters. The van der Waals surface area contributed by atoms with Gasteiger partial charge in [0.15, 0.2) is 0 Å². The quantitative estimate of drug-likeness (QED) is 0.672. The average molecular weight is 276 g/mol. The molecule has 0 bridgehead atoms. The Labute approximate surface area is 107 Å². The van der Waals surface area contributed by atoms with E-state index in [4.69, 9.17) is 9.52 Å². The predicted octanol–water partition coefficient (Wildman–Crippen LogP) is 0.438. The molecule has 7 heteroatoms. The van der Waals surface area contributed by atoms with Crippen molar-refractivity contribution in [2.45, 2.75) is 37.4 Å². The molecule has 1 heterocycles. The Hall–Kier alpha value is -0.890. The summed E-state index contributed by atoms with van der Waals surface area (Å²) < 4.78 is 30.3. The molecule has 0 saturated carbocycles. The zero-order chi connectivity index (χ0) is 13.8. The van der Waals surface area contributed by atoms with Gasteiger partial charge in [-0.2, -0.15) is 0 Å². The van der Waals surface area contributed by atoms with Gasteiger partial charge in [0.1, 0.15) is 5.76 Å². The summed E-state index contributed by atoms with van der Waals surface area (Å²) >= 11 is 0. The second-order valence-electron chi connectivity index (χ2n) is 4.64. The molecule has 0 saturated heterocycles. The largest absolute Gasteiger partial charge is 0.447 e. The Balaban J connectivity index is 2.66. The molecule has 0 atom stereocenters. The summed E-state index contributed by atoms with van der Waals surface area (Å²) in [4.78, 5) is 0. The molecular formula is C11H20N2O4S. The van der Waals surface area contributed by atoms with Crippen molar-refractivity contribution >= 4 is 10.0 Å². The monoisotopic (exact) mass is 276 g/mol. The Kier molecular flexibility index (Phi) is 4.92. The summed E-state index contributed by atoms with van der Waals surface area (Å²) in [5.41, 5.74) is -0.233. The maximum atomic E-state index is 11.5. The van der Waals surface area contributed by atoms with Crippen molar-refractivity contribution in [1.29, 1.82) is 0 Å². The minimum Gasteiger partial charge on any atom is -0.447 e. The highest BCUT2D eigenvalue weighted by Crippen LogP contribution is 2.15. The summed E-state index contributed by atoms with van der Waals surface area (Å²) in [5.74, 6) is 0.537. The zero-order valence-corrected chi connectivity index (χ0v) is 11.7. The third kappa shape index (κ3) is 4.09. The van der Waals surface area contributed by atoms with E-state index < -0.39 is 10.0 Å². The highest BCUT2D eigenvalue weighted by molar-refractivity contribution is 7.89. The van der Waals surface area contributed by atoms with Crippen LogP contribution in [0.15, 0.2) is 21.6 Å². The van der Waals surface area contributed by atoms with Crippen molar-refractivity contribution in [3.05, 3.63) is 17.9 Å². The fourth-order valence-electron chi connectivity index (χ4n) is 1.39. The van der Waals surface area contributed by atoms with Crippen LogP contribution >= 0.6 is 0 Å². The molecule has 0 aliphatic carbocycles. The Morgan fingerprint density at radius 2 is 2.06 bits per heavy atom. The van der Waals surface area contributed by atoms with E-state index in [-0.39, 0.29) is 17.2 Å². The molecule has 0 fully saturated rings. The van der Waals surface area contributed by atoms with Gasteiger partial charge in [-0.1, -0.05) is 0 Å². The van der Waals surface area contributed by atoms with E-state index in [1.807, 2.05) is 13.8 Å². The molecule has 0 aliphatic rings. The summed E-state index contributed by atoms with van der Waals surface area (Å²) in [6, 6.07) is 3.04. The lowest BCUT2D eigenvalue weighted by molar-refractivity contribution is 0.226. The topological polar surface area (TPSA) is 91.6 Å². The van der Waals surface area contributed by atoms with E-state index in [2.05, 4.69) is 10.0 Å². The first-order chi connectivity index (χ1) is 8.30. The molecule has 6 nitrogen and oxygen atoms in total. The van der Waals surface area contributed by atoms with Crippen LogP contribution in [-0.4, -0.2) is 32.7 Å². The van der Waals surface area contributed by atoms with Crippen LogP contribution in [0.25, 0.3) is 0 Å². The van der Waals surface area contributed by atoms with Gasteiger partial charge in [-0.25, -0.2) is 13.1 Å². The van der Waals surface area contributed by atoms with Crippen LogP contribution in [0.1, 0.15) is 26.0 Å². The summed E-state index contributed by atoms with van der Waals surface area (Å²) in [7, 11) is -2.19. The van der Waals surface area contributed by atoms with Crippen LogP contribution in [0.5, 0.6) is 0 Å². The molecule has 1 aromatic heterocycles. The lowest BCUT2D eigenvalue weighted by Gasteiger charge is -2.24. The molecule has 104 valence electrons. The minimum absolute atomic E-state index is 0.0948. The molecule has 0 radical (unpaired) electrons. The first-order valence-electron chi connectivity index (χ1n) is 5.69. The minimum atomic E-state index is -3.53. The van der Waals surface area contributed by atoms with Crippen molar-refractivity contribution in [3.63, 3.8) is 0 Å². The van der Waals surface area contributed by atoms with E-state index in [0.29, 0.717) is 18.7 Å². The molecule has 3 N–H and O–H groups in total. The van der Waals surface area contributed by atoms with Crippen LogP contribution in [0.2, 0.25) is 0 Å². The van der Waals surface area contributed by atoms with E-state index in [1.54, 1.807) is 6.07 Å². The number of rotatable bonds is 7. The molecule has 1 aromatic rings. The number of sulfonamides is 1. The van der Waals surface area contributed by atoms with Crippen molar-refractivity contribution < 1.29 is 17.9 Å². The van der Waals surface area contributed by atoms with Crippen LogP contribution in [0.4, 0.5) is 0 Å².